The van der Waals surface area contributed by atoms with E-state index >= 15 is 0 Å². The van der Waals surface area contributed by atoms with Crippen molar-refractivity contribution in [2.75, 3.05) is 4.90 Å². The molecule has 24 heavy (non-hydrogen) atoms. The number of hydrogen-bond donors (Lipinski definition) is 0. The van der Waals surface area contributed by atoms with Gasteiger partial charge in [0.1, 0.15) is 0 Å². The summed E-state index contributed by atoms with van der Waals surface area (Å²) in [6, 6.07) is 10.8. The molecular formula is C23H31N. The molecule has 2 fully saturated rings. The summed E-state index contributed by atoms with van der Waals surface area (Å²) in [5.41, 5.74) is 4.16. The van der Waals surface area contributed by atoms with E-state index in [0.29, 0.717) is 0 Å². The van der Waals surface area contributed by atoms with Crippen molar-refractivity contribution in [3.63, 3.8) is 0 Å². The highest BCUT2D eigenvalue weighted by Gasteiger charge is 2.57. The Labute approximate surface area is 147 Å². The van der Waals surface area contributed by atoms with Crippen LogP contribution in [0.25, 0.3) is 0 Å². The number of rotatable bonds is 3. The lowest BCUT2D eigenvalue weighted by Crippen LogP contribution is -2.49. The molecule has 1 heterocycles. The van der Waals surface area contributed by atoms with Crippen molar-refractivity contribution in [1.29, 1.82) is 0 Å². The number of benzene rings is 1. The van der Waals surface area contributed by atoms with Gasteiger partial charge in [0.25, 0.3) is 0 Å². The molecule has 1 aromatic carbocycles. The van der Waals surface area contributed by atoms with Crippen LogP contribution >= 0.6 is 0 Å². The molecule has 1 aromatic rings. The van der Waals surface area contributed by atoms with Crippen LogP contribution in [-0.2, 0) is 0 Å². The summed E-state index contributed by atoms with van der Waals surface area (Å²) in [7, 11) is 0. The van der Waals surface area contributed by atoms with E-state index in [4.69, 9.17) is 0 Å². The third kappa shape index (κ3) is 2.55. The van der Waals surface area contributed by atoms with Crippen molar-refractivity contribution < 1.29 is 0 Å². The van der Waals surface area contributed by atoms with Gasteiger partial charge in [-0.25, -0.2) is 0 Å². The first-order valence-electron chi connectivity index (χ1n) is 9.46. The van der Waals surface area contributed by atoms with Crippen LogP contribution in [0.1, 0.15) is 59.3 Å². The topological polar surface area (TPSA) is 3.24 Å². The van der Waals surface area contributed by atoms with Gasteiger partial charge in [-0.3, -0.25) is 0 Å². The Kier molecular flexibility index (Phi) is 4.71. The average molecular weight is 322 g/mol. The first kappa shape index (κ1) is 17.1. The van der Waals surface area contributed by atoms with Gasteiger partial charge in [0, 0.05) is 16.8 Å². The first-order chi connectivity index (χ1) is 11.5. The Morgan fingerprint density at radius 1 is 1.08 bits per heavy atom. The monoisotopic (exact) mass is 321 g/mol. The van der Waals surface area contributed by atoms with Crippen molar-refractivity contribution in [2.45, 2.75) is 64.8 Å². The summed E-state index contributed by atoms with van der Waals surface area (Å²) in [6.45, 7) is 11.7. The van der Waals surface area contributed by atoms with Gasteiger partial charge in [-0.2, -0.15) is 0 Å². The van der Waals surface area contributed by atoms with Crippen LogP contribution in [0.2, 0.25) is 0 Å². The predicted molar refractivity (Wildman–Crippen MR) is 105 cm³/mol. The van der Waals surface area contributed by atoms with Crippen LogP contribution < -0.4 is 4.90 Å². The summed E-state index contributed by atoms with van der Waals surface area (Å²) < 4.78 is 0. The van der Waals surface area contributed by atoms with E-state index in [-0.39, 0.29) is 11.0 Å². The Bertz CT molecular complexity index is 654. The molecule has 1 saturated carbocycles. The number of anilines is 1. The molecule has 0 N–H and O–H groups in total. The Morgan fingerprint density at radius 2 is 1.79 bits per heavy atom. The van der Waals surface area contributed by atoms with Crippen LogP contribution in [0.5, 0.6) is 0 Å². The van der Waals surface area contributed by atoms with E-state index in [1.165, 1.54) is 49.1 Å². The Balaban J connectivity index is 2.15. The second-order valence-corrected chi connectivity index (χ2v) is 7.70. The fourth-order valence-electron chi connectivity index (χ4n) is 4.79. The van der Waals surface area contributed by atoms with E-state index in [9.17, 15) is 0 Å². The molecule has 1 nitrogen and oxygen atoms in total. The summed E-state index contributed by atoms with van der Waals surface area (Å²) in [4.78, 5) is 2.53. The SMILES string of the molecule is C=C1/C(=C\C=C/CC)C2(C)CCCCCC2(C)N1c1ccccc1. The van der Waals surface area contributed by atoms with Gasteiger partial charge >= 0.3 is 0 Å². The van der Waals surface area contributed by atoms with Gasteiger partial charge in [-0.15, -0.1) is 0 Å². The number of hydrogen-bond acceptors (Lipinski definition) is 1. The van der Waals surface area contributed by atoms with E-state index in [1.807, 2.05) is 0 Å². The van der Waals surface area contributed by atoms with Gasteiger partial charge in [-0.05, 0) is 43.9 Å². The van der Waals surface area contributed by atoms with Crippen LogP contribution in [0.4, 0.5) is 5.69 Å². The number of nitrogens with zero attached hydrogens (tertiary/aromatic N) is 1. The lowest BCUT2D eigenvalue weighted by molar-refractivity contribution is 0.221. The largest absolute Gasteiger partial charge is 0.335 e. The lowest BCUT2D eigenvalue weighted by Gasteiger charge is -2.45. The van der Waals surface area contributed by atoms with Crippen molar-refractivity contribution in [1.82, 2.24) is 0 Å². The summed E-state index contributed by atoms with van der Waals surface area (Å²) >= 11 is 0. The van der Waals surface area contributed by atoms with E-state index in [2.05, 4.69) is 80.8 Å². The zero-order chi connectivity index (χ0) is 17.2. The van der Waals surface area contributed by atoms with Gasteiger partial charge in [0.15, 0.2) is 0 Å². The Hall–Kier alpha value is -1.76. The van der Waals surface area contributed by atoms with Gasteiger partial charge in [-0.1, -0.05) is 76.1 Å². The first-order valence-corrected chi connectivity index (χ1v) is 9.46. The minimum atomic E-state index is 0.105. The highest BCUT2D eigenvalue weighted by molar-refractivity contribution is 5.67. The molecular weight excluding hydrogens is 290 g/mol. The van der Waals surface area contributed by atoms with E-state index in [1.54, 1.807) is 0 Å². The Morgan fingerprint density at radius 3 is 2.50 bits per heavy atom. The normalized spacial score (nSPS) is 32.4. The molecule has 2 unspecified atom stereocenters. The standard InChI is InChI=1S/C23H31N/c1-5-6-9-16-21-19(2)24(20-14-10-7-11-15-20)23(4)18-13-8-12-17-22(21,23)3/h6-7,9-11,14-16H,2,5,8,12-13,17-18H2,1,3-4H3/b9-6-,21-16+. The fourth-order valence-corrected chi connectivity index (χ4v) is 4.79. The smallest absolute Gasteiger partial charge is 0.0517 e. The summed E-state index contributed by atoms with van der Waals surface area (Å²) in [5.74, 6) is 0. The van der Waals surface area contributed by atoms with E-state index < -0.39 is 0 Å². The molecule has 0 aromatic heterocycles. The quantitative estimate of drug-likeness (QED) is 0.603. The summed E-state index contributed by atoms with van der Waals surface area (Å²) in [6.07, 6.45) is 14.3. The van der Waals surface area contributed by atoms with Crippen molar-refractivity contribution in [3.8, 4) is 0 Å². The molecule has 128 valence electrons. The van der Waals surface area contributed by atoms with Gasteiger partial charge in [0.2, 0.25) is 0 Å². The zero-order valence-corrected chi connectivity index (χ0v) is 15.5. The predicted octanol–water partition coefficient (Wildman–Crippen LogP) is 6.64. The molecule has 2 atom stereocenters. The molecule has 0 bridgehead atoms. The molecule has 1 heteroatoms. The maximum absolute atomic E-state index is 4.54. The molecule has 1 aliphatic heterocycles. The third-order valence-electron chi connectivity index (χ3n) is 6.35. The fraction of sp³-hybridized carbons (Fsp3) is 0.478. The number of allylic oxidation sites excluding steroid dienone is 4. The maximum Gasteiger partial charge on any atom is 0.0517 e. The highest BCUT2D eigenvalue weighted by Crippen LogP contribution is 2.60. The third-order valence-corrected chi connectivity index (χ3v) is 6.35. The zero-order valence-electron chi connectivity index (χ0n) is 15.5. The van der Waals surface area contributed by atoms with Crippen molar-refractivity contribution in [3.05, 3.63) is 66.4 Å². The minimum Gasteiger partial charge on any atom is -0.335 e. The molecule has 2 aliphatic rings. The van der Waals surface area contributed by atoms with Crippen LogP contribution in [0, 0.1) is 5.41 Å². The van der Waals surface area contributed by atoms with Crippen molar-refractivity contribution in [2.24, 2.45) is 5.41 Å². The molecule has 1 aliphatic carbocycles. The second kappa shape index (κ2) is 6.63. The van der Waals surface area contributed by atoms with Gasteiger partial charge in [0.05, 0.1) is 5.54 Å². The molecule has 0 spiro atoms. The molecule has 1 saturated heterocycles. The second-order valence-electron chi connectivity index (χ2n) is 7.70. The summed E-state index contributed by atoms with van der Waals surface area (Å²) in [5, 5.41) is 0. The van der Waals surface area contributed by atoms with E-state index in [0.717, 1.165) is 6.42 Å². The highest BCUT2D eigenvalue weighted by atomic mass is 15.3. The average Bonchev–Trinajstić information content (AvgIpc) is 2.67. The number of fused-ring (bicyclic) bond motifs is 1. The molecule has 3 rings (SSSR count). The molecule has 0 amide bonds. The molecule has 0 radical (unpaired) electrons. The van der Waals surface area contributed by atoms with Crippen LogP contribution in [0.3, 0.4) is 0 Å². The van der Waals surface area contributed by atoms with Gasteiger partial charge < -0.3 is 4.90 Å². The van der Waals surface area contributed by atoms with Crippen molar-refractivity contribution >= 4 is 5.69 Å². The maximum atomic E-state index is 4.54. The minimum absolute atomic E-state index is 0.105. The van der Waals surface area contributed by atoms with Crippen LogP contribution in [0.15, 0.2) is 66.4 Å². The van der Waals surface area contributed by atoms with Crippen LogP contribution in [-0.4, -0.2) is 5.54 Å². The number of para-hydroxylation sites is 1. The lowest BCUT2D eigenvalue weighted by atomic mass is 9.66.